The minimum atomic E-state index is -0.695. The van der Waals surface area contributed by atoms with Crippen molar-refractivity contribution >= 4 is 34.6 Å². The Morgan fingerprint density at radius 1 is 1.22 bits per heavy atom. The first-order valence-corrected chi connectivity index (χ1v) is 12.7. The third kappa shape index (κ3) is 6.49. The van der Waals surface area contributed by atoms with Gasteiger partial charge in [0.1, 0.15) is 18.2 Å². The minimum absolute atomic E-state index is 0.124. The van der Waals surface area contributed by atoms with Crippen LogP contribution in [-0.4, -0.2) is 46.4 Å². The molecule has 2 aromatic rings. The highest BCUT2D eigenvalue weighted by Crippen LogP contribution is 2.24. The van der Waals surface area contributed by atoms with Crippen LogP contribution in [0.25, 0.3) is 16.8 Å². The second-order valence-electron chi connectivity index (χ2n) is 9.80. The van der Waals surface area contributed by atoms with Crippen LogP contribution in [0, 0.1) is 11.8 Å². The number of pyridine rings is 1. The standard InChI is InChI=1S/C28H38N4O4/c1-7-23-15-22-14-20(11-12-21(22)16-29-23)19(6)36-28(35)25-10-9-13-32(31-25)27(34)18(5)30-26(33)24(8-2)17(3)4/h7,11-12,14-19,24-25,31H,1,8-10,13H2,2-6H3,(H,30,33). The Balaban J connectivity index is 1.60. The highest BCUT2D eigenvalue weighted by Gasteiger charge is 2.33. The normalized spacial score (nSPS) is 18.4. The molecule has 1 aromatic carbocycles. The number of benzene rings is 1. The van der Waals surface area contributed by atoms with E-state index in [9.17, 15) is 14.4 Å². The lowest BCUT2D eigenvalue weighted by atomic mass is 9.92. The highest BCUT2D eigenvalue weighted by atomic mass is 16.5. The van der Waals surface area contributed by atoms with Crippen LogP contribution < -0.4 is 10.7 Å². The Kier molecular flexibility index (Phi) is 9.20. The van der Waals surface area contributed by atoms with Crippen LogP contribution in [0.3, 0.4) is 0 Å². The second-order valence-corrected chi connectivity index (χ2v) is 9.80. The zero-order valence-electron chi connectivity index (χ0n) is 21.9. The maximum absolute atomic E-state index is 13.0. The predicted octanol–water partition coefficient (Wildman–Crippen LogP) is 4.16. The van der Waals surface area contributed by atoms with Gasteiger partial charge >= 0.3 is 5.97 Å². The Hall–Kier alpha value is -3.26. The average Bonchev–Trinajstić information content (AvgIpc) is 2.87. The quantitative estimate of drug-likeness (QED) is 0.508. The number of ether oxygens (including phenoxy) is 1. The molecule has 1 fully saturated rings. The second kappa shape index (κ2) is 12.1. The van der Waals surface area contributed by atoms with Gasteiger partial charge in [0.05, 0.1) is 5.69 Å². The molecule has 2 N–H and O–H groups in total. The Bertz CT molecular complexity index is 1120. The van der Waals surface area contributed by atoms with E-state index in [0.717, 1.165) is 22.0 Å². The zero-order chi connectivity index (χ0) is 26.4. The number of hydrogen-bond acceptors (Lipinski definition) is 6. The molecule has 194 valence electrons. The lowest BCUT2D eigenvalue weighted by Crippen LogP contribution is -2.59. The number of nitrogens with zero attached hydrogens (tertiary/aromatic N) is 2. The van der Waals surface area contributed by atoms with Gasteiger partial charge in [-0.25, -0.2) is 5.43 Å². The topological polar surface area (TPSA) is 101 Å². The van der Waals surface area contributed by atoms with Gasteiger partial charge in [0.2, 0.25) is 5.91 Å². The van der Waals surface area contributed by atoms with Gasteiger partial charge in [-0.1, -0.05) is 39.5 Å². The largest absolute Gasteiger partial charge is 0.457 e. The molecule has 3 rings (SSSR count). The van der Waals surface area contributed by atoms with Crippen molar-refractivity contribution in [2.24, 2.45) is 11.8 Å². The van der Waals surface area contributed by atoms with Crippen molar-refractivity contribution in [3.05, 3.63) is 48.3 Å². The third-order valence-electron chi connectivity index (χ3n) is 6.79. The Morgan fingerprint density at radius 2 is 1.97 bits per heavy atom. The highest BCUT2D eigenvalue weighted by molar-refractivity contribution is 5.88. The van der Waals surface area contributed by atoms with Gasteiger partial charge < -0.3 is 10.1 Å². The van der Waals surface area contributed by atoms with Crippen LogP contribution in [0.4, 0.5) is 0 Å². The number of carbonyl (C=O) groups excluding carboxylic acids is 3. The Morgan fingerprint density at radius 3 is 2.64 bits per heavy atom. The van der Waals surface area contributed by atoms with Gasteiger partial charge in [0, 0.05) is 24.0 Å². The number of nitrogens with one attached hydrogen (secondary N) is 2. The number of rotatable bonds is 9. The lowest BCUT2D eigenvalue weighted by molar-refractivity contribution is -0.157. The first-order valence-electron chi connectivity index (χ1n) is 12.7. The van der Waals surface area contributed by atoms with Crippen molar-refractivity contribution in [1.82, 2.24) is 20.7 Å². The summed E-state index contributed by atoms with van der Waals surface area (Å²) in [7, 11) is 0. The molecule has 1 aliphatic heterocycles. The first kappa shape index (κ1) is 27.3. The van der Waals surface area contributed by atoms with E-state index >= 15 is 0 Å². The number of fused-ring (bicyclic) bond motifs is 1. The van der Waals surface area contributed by atoms with Gasteiger partial charge in [0.15, 0.2) is 0 Å². The van der Waals surface area contributed by atoms with Crippen LogP contribution in [0.2, 0.25) is 0 Å². The van der Waals surface area contributed by atoms with Crippen LogP contribution in [0.15, 0.2) is 37.0 Å². The maximum atomic E-state index is 13.0. The molecule has 4 atom stereocenters. The molecule has 2 amide bonds. The molecule has 0 spiro atoms. The molecule has 0 saturated carbocycles. The molecule has 0 radical (unpaired) electrons. The van der Waals surface area contributed by atoms with Crippen LogP contribution in [-0.2, 0) is 19.1 Å². The molecule has 8 heteroatoms. The number of aromatic nitrogens is 1. The summed E-state index contributed by atoms with van der Waals surface area (Å²) in [5.74, 6) is -0.761. The fraction of sp³-hybridized carbons (Fsp3) is 0.500. The van der Waals surface area contributed by atoms with Crippen LogP contribution >= 0.6 is 0 Å². The fourth-order valence-electron chi connectivity index (χ4n) is 4.56. The molecule has 4 unspecified atom stereocenters. The van der Waals surface area contributed by atoms with E-state index in [2.05, 4.69) is 22.3 Å². The van der Waals surface area contributed by atoms with E-state index in [4.69, 9.17) is 4.74 Å². The third-order valence-corrected chi connectivity index (χ3v) is 6.79. The molecule has 1 aromatic heterocycles. The van der Waals surface area contributed by atoms with E-state index in [1.54, 1.807) is 19.2 Å². The molecule has 0 aliphatic carbocycles. The SMILES string of the molecule is C=Cc1cc2cc(C(C)OC(=O)C3CCCN(C(=O)C(C)NC(=O)C(CC)C(C)C)N3)ccc2cn1. The van der Waals surface area contributed by atoms with E-state index in [1.165, 1.54) is 5.01 Å². The van der Waals surface area contributed by atoms with Crippen LogP contribution in [0.1, 0.15) is 71.2 Å². The average molecular weight is 495 g/mol. The summed E-state index contributed by atoms with van der Waals surface area (Å²) in [6.45, 7) is 13.7. The molecule has 1 saturated heterocycles. The van der Waals surface area contributed by atoms with Crippen molar-refractivity contribution in [3.63, 3.8) is 0 Å². The minimum Gasteiger partial charge on any atom is -0.457 e. The summed E-state index contributed by atoms with van der Waals surface area (Å²) in [4.78, 5) is 42.8. The molecule has 0 bridgehead atoms. The molecule has 2 heterocycles. The van der Waals surface area contributed by atoms with Crippen molar-refractivity contribution in [1.29, 1.82) is 0 Å². The summed E-state index contributed by atoms with van der Waals surface area (Å²) in [5, 5.41) is 6.25. The van der Waals surface area contributed by atoms with E-state index in [1.807, 2.05) is 52.0 Å². The maximum Gasteiger partial charge on any atom is 0.325 e. The summed E-state index contributed by atoms with van der Waals surface area (Å²) >= 11 is 0. The van der Waals surface area contributed by atoms with Gasteiger partial charge in [-0.05, 0) is 68.2 Å². The summed E-state index contributed by atoms with van der Waals surface area (Å²) in [6.07, 6.45) is 4.95. The monoisotopic (exact) mass is 494 g/mol. The van der Waals surface area contributed by atoms with Gasteiger partial charge in [-0.3, -0.25) is 24.4 Å². The van der Waals surface area contributed by atoms with Crippen molar-refractivity contribution in [3.8, 4) is 0 Å². The molecular weight excluding hydrogens is 456 g/mol. The summed E-state index contributed by atoms with van der Waals surface area (Å²) in [5.41, 5.74) is 4.66. The Labute approximate surface area is 213 Å². The van der Waals surface area contributed by atoms with Gasteiger partial charge in [0.25, 0.3) is 5.91 Å². The number of esters is 1. The number of amides is 2. The molecule has 36 heavy (non-hydrogen) atoms. The van der Waals surface area contributed by atoms with Gasteiger partial charge in [-0.2, -0.15) is 0 Å². The van der Waals surface area contributed by atoms with E-state index in [-0.39, 0.29) is 23.7 Å². The van der Waals surface area contributed by atoms with E-state index in [0.29, 0.717) is 25.8 Å². The summed E-state index contributed by atoms with van der Waals surface area (Å²) < 4.78 is 5.76. The first-order chi connectivity index (χ1) is 17.1. The molecule has 8 nitrogen and oxygen atoms in total. The lowest BCUT2D eigenvalue weighted by Gasteiger charge is -2.35. The predicted molar refractivity (Wildman–Crippen MR) is 140 cm³/mol. The van der Waals surface area contributed by atoms with Crippen molar-refractivity contribution < 1.29 is 19.1 Å². The smallest absolute Gasteiger partial charge is 0.325 e. The zero-order valence-corrected chi connectivity index (χ0v) is 21.9. The number of hydrogen-bond donors (Lipinski definition) is 2. The molecular formula is C28H38N4O4. The number of carbonyl (C=O) groups is 3. The number of hydrazine groups is 1. The van der Waals surface area contributed by atoms with Crippen molar-refractivity contribution in [2.75, 3.05) is 6.54 Å². The van der Waals surface area contributed by atoms with Crippen LogP contribution in [0.5, 0.6) is 0 Å². The summed E-state index contributed by atoms with van der Waals surface area (Å²) in [6, 6.07) is 6.47. The fourth-order valence-corrected chi connectivity index (χ4v) is 4.56. The van der Waals surface area contributed by atoms with Crippen molar-refractivity contribution in [2.45, 2.75) is 72.1 Å². The van der Waals surface area contributed by atoms with Gasteiger partial charge in [-0.15, -0.1) is 0 Å². The molecule has 1 aliphatic rings. The van der Waals surface area contributed by atoms with E-state index < -0.39 is 24.2 Å².